The number of aryl methyl sites for hydroxylation is 1. The molecule has 0 bridgehead atoms. The average molecular weight is 265 g/mol. The van der Waals surface area contributed by atoms with Crippen LogP contribution in [0.4, 0.5) is 0 Å². The maximum absolute atomic E-state index is 9.02. The highest BCUT2D eigenvalue weighted by Crippen LogP contribution is 2.43. The summed E-state index contributed by atoms with van der Waals surface area (Å²) in [6.07, 6.45) is 3.23. The lowest BCUT2D eigenvalue weighted by Gasteiger charge is -2.18. The van der Waals surface area contributed by atoms with Gasteiger partial charge in [0.25, 0.3) is 0 Å². The van der Waals surface area contributed by atoms with Crippen LogP contribution in [-0.4, -0.2) is 32.2 Å². The van der Waals surface area contributed by atoms with Crippen molar-refractivity contribution in [3.05, 3.63) is 17.2 Å². The molecule has 0 amide bonds. The molecule has 5 nitrogen and oxygen atoms in total. The van der Waals surface area contributed by atoms with Crippen LogP contribution in [0.5, 0.6) is 17.2 Å². The number of hydrogen-bond donors (Lipinski definition) is 1. The fourth-order valence-electron chi connectivity index (χ4n) is 2.54. The predicted octanol–water partition coefficient (Wildman–Crippen LogP) is 2.42. The van der Waals surface area contributed by atoms with E-state index in [0.29, 0.717) is 23.7 Å². The van der Waals surface area contributed by atoms with Crippen molar-refractivity contribution in [2.24, 2.45) is 5.16 Å². The van der Waals surface area contributed by atoms with Crippen molar-refractivity contribution in [1.29, 1.82) is 0 Å². The van der Waals surface area contributed by atoms with Crippen LogP contribution >= 0.6 is 0 Å². The molecule has 0 radical (unpaired) electrons. The van der Waals surface area contributed by atoms with Crippen molar-refractivity contribution in [2.75, 3.05) is 21.3 Å². The minimum absolute atomic E-state index is 0.579. The third-order valence-corrected chi connectivity index (χ3v) is 3.46. The summed E-state index contributed by atoms with van der Waals surface area (Å²) < 4.78 is 16.2. The zero-order valence-electron chi connectivity index (χ0n) is 11.5. The molecule has 0 unspecified atom stereocenters. The van der Waals surface area contributed by atoms with Gasteiger partial charge < -0.3 is 19.4 Å². The average Bonchev–Trinajstić information content (AvgIpc) is 2.66. The normalized spacial score (nSPS) is 16.7. The summed E-state index contributed by atoms with van der Waals surface area (Å²) >= 11 is 0. The van der Waals surface area contributed by atoms with Gasteiger partial charge in [0.05, 0.1) is 27.0 Å². The highest BCUT2D eigenvalue weighted by Gasteiger charge is 2.23. The minimum atomic E-state index is 0.579. The maximum Gasteiger partial charge on any atom is 0.203 e. The summed E-state index contributed by atoms with van der Waals surface area (Å²) in [5, 5.41) is 12.4. The number of ether oxygens (including phenoxy) is 3. The number of fused-ring (bicyclic) bond motifs is 1. The number of benzene rings is 1. The van der Waals surface area contributed by atoms with Crippen LogP contribution in [0.15, 0.2) is 11.2 Å². The van der Waals surface area contributed by atoms with Crippen LogP contribution in [0.2, 0.25) is 0 Å². The van der Waals surface area contributed by atoms with E-state index < -0.39 is 0 Å². The third-order valence-electron chi connectivity index (χ3n) is 3.46. The van der Waals surface area contributed by atoms with Crippen LogP contribution in [0, 0.1) is 0 Å². The molecule has 19 heavy (non-hydrogen) atoms. The summed E-state index contributed by atoms with van der Waals surface area (Å²) in [5.74, 6) is 1.92. The van der Waals surface area contributed by atoms with E-state index in [9.17, 15) is 0 Å². The quantitative estimate of drug-likeness (QED) is 0.518. The first-order chi connectivity index (χ1) is 9.24. The Bertz CT molecular complexity index is 497. The molecule has 1 aromatic carbocycles. The molecule has 0 heterocycles. The van der Waals surface area contributed by atoms with Crippen LogP contribution in [0.25, 0.3) is 0 Å². The summed E-state index contributed by atoms with van der Waals surface area (Å²) in [6, 6.07) is 1.98. The van der Waals surface area contributed by atoms with E-state index in [4.69, 9.17) is 19.4 Å². The predicted molar refractivity (Wildman–Crippen MR) is 72.0 cm³/mol. The Morgan fingerprint density at radius 3 is 2.37 bits per heavy atom. The van der Waals surface area contributed by atoms with Crippen LogP contribution in [-0.2, 0) is 12.8 Å². The number of nitrogens with zero attached hydrogens (tertiary/aromatic N) is 1. The Hall–Kier alpha value is -1.91. The van der Waals surface area contributed by atoms with Gasteiger partial charge in [0, 0.05) is 12.0 Å². The molecular weight excluding hydrogens is 246 g/mol. The van der Waals surface area contributed by atoms with Gasteiger partial charge in [-0.15, -0.1) is 0 Å². The molecule has 5 heteroatoms. The van der Waals surface area contributed by atoms with E-state index in [-0.39, 0.29) is 0 Å². The molecule has 0 fully saturated rings. The largest absolute Gasteiger partial charge is 0.493 e. The highest BCUT2D eigenvalue weighted by atomic mass is 16.5. The topological polar surface area (TPSA) is 60.3 Å². The van der Waals surface area contributed by atoms with Crippen LogP contribution < -0.4 is 14.2 Å². The minimum Gasteiger partial charge on any atom is -0.493 e. The SMILES string of the molecule is COc1cc2c(c(OC)c1OC)CC(=NO)CCC2. The van der Waals surface area contributed by atoms with E-state index in [2.05, 4.69) is 5.16 Å². The van der Waals surface area contributed by atoms with Gasteiger partial charge in [-0.2, -0.15) is 0 Å². The first kappa shape index (κ1) is 13.5. The van der Waals surface area contributed by atoms with Crippen molar-refractivity contribution < 1.29 is 19.4 Å². The van der Waals surface area contributed by atoms with Gasteiger partial charge in [0.2, 0.25) is 5.75 Å². The smallest absolute Gasteiger partial charge is 0.203 e. The second-order valence-electron chi connectivity index (χ2n) is 4.48. The molecule has 1 aliphatic carbocycles. The molecule has 104 valence electrons. The molecule has 0 spiro atoms. The standard InChI is InChI=1S/C14H19NO4/c1-17-12-7-9-5-4-6-10(15-16)8-11(9)13(18-2)14(12)19-3/h7,16H,4-6,8H2,1-3H3. The van der Waals surface area contributed by atoms with Gasteiger partial charge in [0.15, 0.2) is 11.5 Å². The maximum atomic E-state index is 9.02. The van der Waals surface area contributed by atoms with Crippen molar-refractivity contribution in [3.8, 4) is 17.2 Å². The molecule has 1 N–H and O–H groups in total. The molecule has 2 rings (SSSR count). The monoisotopic (exact) mass is 265 g/mol. The Balaban J connectivity index is 2.61. The molecular formula is C14H19NO4. The molecule has 0 atom stereocenters. The highest BCUT2D eigenvalue weighted by molar-refractivity contribution is 5.88. The van der Waals surface area contributed by atoms with Crippen LogP contribution in [0.3, 0.4) is 0 Å². The first-order valence-corrected chi connectivity index (χ1v) is 6.25. The van der Waals surface area contributed by atoms with Gasteiger partial charge in [-0.1, -0.05) is 5.16 Å². The van der Waals surface area contributed by atoms with E-state index in [1.165, 1.54) is 0 Å². The van der Waals surface area contributed by atoms with Crippen molar-refractivity contribution >= 4 is 5.71 Å². The number of oxime groups is 1. The summed E-state index contributed by atoms with van der Waals surface area (Å²) in [4.78, 5) is 0. The fourth-order valence-corrected chi connectivity index (χ4v) is 2.54. The molecule has 1 aromatic rings. The molecule has 0 saturated carbocycles. The number of methoxy groups -OCH3 is 3. The van der Waals surface area contributed by atoms with E-state index >= 15 is 0 Å². The Morgan fingerprint density at radius 1 is 1.05 bits per heavy atom. The number of rotatable bonds is 3. The Kier molecular flexibility index (Phi) is 4.14. The van der Waals surface area contributed by atoms with Crippen molar-refractivity contribution in [2.45, 2.75) is 25.7 Å². The molecule has 0 saturated heterocycles. The lowest BCUT2D eigenvalue weighted by Crippen LogP contribution is -2.06. The first-order valence-electron chi connectivity index (χ1n) is 6.25. The van der Waals surface area contributed by atoms with Gasteiger partial charge in [-0.3, -0.25) is 0 Å². The Morgan fingerprint density at radius 2 is 1.79 bits per heavy atom. The molecule has 0 aliphatic heterocycles. The van der Waals surface area contributed by atoms with Crippen molar-refractivity contribution in [1.82, 2.24) is 0 Å². The van der Waals surface area contributed by atoms with Gasteiger partial charge in [-0.25, -0.2) is 0 Å². The van der Waals surface area contributed by atoms with E-state index in [1.807, 2.05) is 6.07 Å². The zero-order valence-corrected chi connectivity index (χ0v) is 11.5. The second-order valence-corrected chi connectivity index (χ2v) is 4.48. The summed E-state index contributed by atoms with van der Waals surface area (Å²) in [6.45, 7) is 0. The zero-order chi connectivity index (χ0) is 13.8. The summed E-state index contributed by atoms with van der Waals surface area (Å²) in [7, 11) is 4.81. The fraction of sp³-hybridized carbons (Fsp3) is 0.500. The lowest BCUT2D eigenvalue weighted by molar-refractivity contribution is 0.315. The van der Waals surface area contributed by atoms with Crippen LogP contribution in [0.1, 0.15) is 24.0 Å². The lowest BCUT2D eigenvalue weighted by atomic mass is 10.00. The van der Waals surface area contributed by atoms with Crippen molar-refractivity contribution in [3.63, 3.8) is 0 Å². The third kappa shape index (κ3) is 2.45. The molecule has 0 aromatic heterocycles. The van der Waals surface area contributed by atoms with Gasteiger partial charge >= 0.3 is 0 Å². The Labute approximate surface area is 112 Å². The second kappa shape index (κ2) is 5.82. The van der Waals surface area contributed by atoms with E-state index in [0.717, 1.165) is 36.1 Å². The van der Waals surface area contributed by atoms with E-state index in [1.54, 1.807) is 21.3 Å². The summed E-state index contributed by atoms with van der Waals surface area (Å²) in [5.41, 5.74) is 2.95. The molecule has 1 aliphatic rings. The van der Waals surface area contributed by atoms with Gasteiger partial charge in [-0.05, 0) is 30.9 Å². The van der Waals surface area contributed by atoms with Gasteiger partial charge in [0.1, 0.15) is 0 Å². The number of hydrogen-bond acceptors (Lipinski definition) is 5.